The summed E-state index contributed by atoms with van der Waals surface area (Å²) in [5, 5.41) is 17.5. The van der Waals surface area contributed by atoms with Gasteiger partial charge in [0, 0.05) is 142 Å². The van der Waals surface area contributed by atoms with Crippen LogP contribution in [0.25, 0.3) is 0 Å². The number of morpholine rings is 1. The van der Waals surface area contributed by atoms with Crippen molar-refractivity contribution < 1.29 is 26.4 Å². The minimum atomic E-state index is -3.02. The molecule has 0 radical (unpaired) electrons. The number of thiocarbonyl (C=S) groups is 6. The van der Waals surface area contributed by atoms with E-state index >= 15 is 0 Å². The number of carbonyl (C=O) groups excluding carboxylic acids is 1. The van der Waals surface area contributed by atoms with Gasteiger partial charge in [-0.3, -0.25) is 4.79 Å². The zero-order chi connectivity index (χ0) is 67.3. The van der Waals surface area contributed by atoms with Gasteiger partial charge in [-0.15, -0.1) is 0 Å². The third-order valence-corrected chi connectivity index (χ3v) is 21.2. The quantitative estimate of drug-likeness (QED) is 0.114. The summed E-state index contributed by atoms with van der Waals surface area (Å²) in [6, 6.07) is 19.8. The Hall–Kier alpha value is -3.35. The molecule has 0 saturated carbocycles. The van der Waals surface area contributed by atoms with Crippen LogP contribution in [0, 0.1) is 52.8 Å². The van der Waals surface area contributed by atoms with Crippen LogP contribution >= 0.6 is 85.1 Å². The number of hydrogen-bond donors (Lipinski definition) is 3. The van der Waals surface area contributed by atoms with E-state index in [1.807, 2.05) is 119 Å². The minimum Gasteiger partial charge on any atom is -0.378 e. The highest BCUT2D eigenvalue weighted by molar-refractivity contribution is 7.99. The van der Waals surface area contributed by atoms with Crippen molar-refractivity contribution in [3.8, 4) is 6.07 Å². The van der Waals surface area contributed by atoms with Gasteiger partial charge in [-0.05, 0) is 36.6 Å². The highest BCUT2D eigenvalue weighted by atomic mass is 32.2. The predicted molar refractivity (Wildman–Crippen MR) is 401 cm³/mol. The first-order valence-electron chi connectivity index (χ1n) is 30.6. The van der Waals surface area contributed by atoms with Gasteiger partial charge in [0.15, 0.2) is 9.84 Å². The van der Waals surface area contributed by atoms with Gasteiger partial charge in [-0.25, -0.2) is 16.8 Å². The Morgan fingerprint density at radius 1 is 0.602 bits per heavy atom. The van der Waals surface area contributed by atoms with Crippen molar-refractivity contribution in [1.29, 1.82) is 5.26 Å². The van der Waals surface area contributed by atoms with Crippen LogP contribution in [0.2, 0.25) is 0 Å². The average Bonchev–Trinajstić information content (AvgIpc) is 3.69. The number of sulfonamides is 1. The van der Waals surface area contributed by atoms with Gasteiger partial charge in [0.05, 0.1) is 73.4 Å². The lowest BCUT2D eigenvalue weighted by atomic mass is 10.1. The molecule has 4 fully saturated rings. The van der Waals surface area contributed by atoms with E-state index < -0.39 is 19.9 Å². The van der Waals surface area contributed by atoms with E-state index in [1.54, 1.807) is 6.92 Å². The van der Waals surface area contributed by atoms with E-state index in [4.69, 9.17) is 83.3 Å². The van der Waals surface area contributed by atoms with Crippen LogP contribution in [-0.2, 0) is 35.8 Å². The maximum absolute atomic E-state index is 11.3. The summed E-state index contributed by atoms with van der Waals surface area (Å²) < 4.78 is 51.6. The topological polar surface area (TPSA) is 171 Å². The molecule has 24 heteroatoms. The summed E-state index contributed by atoms with van der Waals surface area (Å²) in [5.74, 6) is 6.01. The van der Waals surface area contributed by atoms with Gasteiger partial charge in [-0.2, -0.15) is 21.3 Å². The largest absolute Gasteiger partial charge is 0.378 e. The van der Waals surface area contributed by atoms with Crippen LogP contribution in [0.4, 0.5) is 11.4 Å². The molecule has 498 valence electrons. The molecule has 4 saturated heterocycles. The smallest absolute Gasteiger partial charge is 0.211 e. The van der Waals surface area contributed by atoms with Gasteiger partial charge in [0.25, 0.3) is 0 Å². The maximum atomic E-state index is 11.3. The summed E-state index contributed by atoms with van der Waals surface area (Å²) in [6.45, 7) is 45.2. The molecular weight excluding hydrogens is 1280 g/mol. The van der Waals surface area contributed by atoms with Crippen LogP contribution in [0.5, 0.6) is 0 Å². The lowest BCUT2D eigenvalue weighted by Gasteiger charge is -2.37. The van der Waals surface area contributed by atoms with Crippen LogP contribution in [0.15, 0.2) is 66.9 Å². The van der Waals surface area contributed by atoms with E-state index in [2.05, 4.69) is 92.6 Å². The van der Waals surface area contributed by atoms with Gasteiger partial charge >= 0.3 is 0 Å². The van der Waals surface area contributed by atoms with Crippen molar-refractivity contribution >= 4 is 152 Å². The van der Waals surface area contributed by atoms with E-state index in [1.165, 1.54) is 22.1 Å². The highest BCUT2D eigenvalue weighted by Gasteiger charge is 2.26. The fourth-order valence-corrected chi connectivity index (χ4v) is 11.7. The van der Waals surface area contributed by atoms with Crippen molar-refractivity contribution in [3.05, 3.63) is 72.4 Å². The molecule has 88 heavy (non-hydrogen) atoms. The number of piperazine rings is 1. The van der Waals surface area contributed by atoms with Crippen molar-refractivity contribution in [1.82, 2.24) is 29.2 Å². The molecule has 2 aromatic carbocycles. The first kappa shape index (κ1) is 84.7. The molecule has 0 bridgehead atoms. The van der Waals surface area contributed by atoms with Gasteiger partial charge in [0.2, 0.25) is 10.0 Å². The summed E-state index contributed by atoms with van der Waals surface area (Å²) in [4.78, 5) is 25.5. The molecule has 0 aliphatic carbocycles. The van der Waals surface area contributed by atoms with Crippen LogP contribution in [-0.4, -0.2) is 191 Å². The van der Waals surface area contributed by atoms with Gasteiger partial charge < -0.3 is 40.3 Å². The number of carbonyl (C=O) groups is 1. The molecule has 6 rings (SSSR count). The number of anilines is 2. The SMILES string of the molecule is C=C(C(C)C)N1CCN(S(C)(=O)=O)CC1.CC(=O)Cc1ccccc1NC(=S)C(C)C.CC(C)C(=S)N1CCOCC1.CC(C)C(=S)N1CCS(=O)(=O)CC1.CC(C)C(=S)N1CCSCC1.CC(C)C(=S)NCCC#N.CC(C)C(=S)Nc1ccccc1. The number of ketones is 1. The maximum Gasteiger partial charge on any atom is 0.211 e. The summed E-state index contributed by atoms with van der Waals surface area (Å²) in [7, 11) is -5.79. The Kier molecular flexibility index (Phi) is 44.1. The second-order valence-corrected chi connectivity index (χ2v) is 31.7. The first-order chi connectivity index (χ1) is 41.1. The molecule has 2 aromatic rings. The Bertz CT molecular complexity index is 2670. The Morgan fingerprint density at radius 2 is 1.03 bits per heavy atom. The number of hydrogen-bond acceptors (Lipinski definition) is 15. The molecule has 0 unspecified atom stereocenters. The fourth-order valence-electron chi connectivity index (χ4n) is 7.86. The monoisotopic (exact) mass is 1390 g/mol. The van der Waals surface area contributed by atoms with Gasteiger partial charge in [-0.1, -0.05) is 213 Å². The normalized spacial score (nSPS) is 15.6. The molecule has 0 spiro atoms. The number of ether oxygens (including phenoxy) is 1. The Morgan fingerprint density at radius 3 is 1.45 bits per heavy atom. The zero-order valence-electron chi connectivity index (χ0n) is 55.7. The second kappa shape index (κ2) is 45.8. The van der Waals surface area contributed by atoms with Crippen LogP contribution < -0.4 is 16.0 Å². The fraction of sp³-hybridized carbons (Fsp3) is 0.656. The number of nitrogens with one attached hydrogen (secondary N) is 3. The lowest BCUT2D eigenvalue weighted by Crippen LogP contribution is -2.48. The van der Waals surface area contributed by atoms with Crippen molar-refractivity contribution in [3.63, 3.8) is 0 Å². The number of sulfone groups is 1. The number of thioether (sulfide) groups is 1. The van der Waals surface area contributed by atoms with E-state index in [-0.39, 0.29) is 17.3 Å². The molecule has 15 nitrogen and oxygen atoms in total. The van der Waals surface area contributed by atoms with Crippen LogP contribution in [0.1, 0.15) is 116 Å². The van der Waals surface area contributed by atoms with Crippen molar-refractivity contribution in [2.75, 3.05) is 125 Å². The minimum absolute atomic E-state index is 0.157. The Balaban J connectivity index is 0.00000101. The average molecular weight is 1390 g/mol. The van der Waals surface area contributed by atoms with Crippen molar-refractivity contribution in [2.24, 2.45) is 41.4 Å². The highest BCUT2D eigenvalue weighted by Crippen LogP contribution is 2.19. The number of benzene rings is 2. The summed E-state index contributed by atoms with van der Waals surface area (Å²) in [6.07, 6.45) is 2.23. The zero-order valence-corrected chi connectivity index (χ0v) is 63.0. The molecule has 3 N–H and O–H groups in total. The first-order valence-corrected chi connectivity index (χ1v) is 37.8. The number of para-hydroxylation sites is 2. The number of nitrogens with zero attached hydrogens (tertiary/aromatic N) is 6. The second-order valence-electron chi connectivity index (χ2n) is 23.7. The van der Waals surface area contributed by atoms with E-state index in [0.29, 0.717) is 87.0 Å². The molecule has 4 heterocycles. The summed E-state index contributed by atoms with van der Waals surface area (Å²) in [5.41, 5.74) is 4.11. The number of allylic oxidation sites excluding steroid dienone is 1. The lowest BCUT2D eigenvalue weighted by molar-refractivity contribution is -0.116. The predicted octanol–water partition coefficient (Wildman–Crippen LogP) is 12.5. The molecule has 0 aromatic heterocycles. The van der Waals surface area contributed by atoms with E-state index in [0.717, 1.165) is 105 Å². The third kappa shape index (κ3) is 37.9. The molecule has 4 aliphatic rings. The van der Waals surface area contributed by atoms with Crippen molar-refractivity contribution in [2.45, 2.75) is 117 Å². The summed E-state index contributed by atoms with van der Waals surface area (Å²) >= 11 is 33.2. The standard InChI is InChI=1S/C13H17NOS.C10H20N2O2S.C10H13NS.C8H15NO2S2.C8H15NOS.C8H15NS2.C7H12N2S/c1-9(2)13(16)14-12-7-5-4-6-11(12)8-10(3)15;1-9(2)10(3)11-5-7-12(8-6-11)15(4,13)14;1-8(2)10(12)11-9-6-4-3-5-7-9;1-7(2)8(12)9-3-5-13(10,11)6-4-9;1-7(2)8(11)9-3-5-10-6-4-9;1-7(2)8(10)9-3-5-11-6-4-9;1-6(2)7(10)9-5-3-4-8/h4-7,9H,8H2,1-3H3,(H,14,16);9H,3,5-8H2,1-2,4H3;3-8H,1-2H3,(H,11,12);7H,3-6H2,1-2H3;2*7H,3-6H2,1-2H3;6H,3,5H2,1-2H3,(H,9,10). The number of nitriles is 1. The molecule has 0 atom stereocenters. The molecular formula is C64H107N9O6S9. The van der Waals surface area contributed by atoms with Gasteiger partial charge in [0.1, 0.15) is 5.78 Å². The number of Topliss-reactive ketones (excluding diaryl/α,β-unsaturated/α-hetero) is 1. The molecule has 0 amide bonds. The molecule has 4 aliphatic heterocycles. The number of rotatable bonds is 15. The third-order valence-electron chi connectivity index (χ3n) is 13.4. The Labute approximate surface area is 570 Å². The van der Waals surface area contributed by atoms with Crippen LogP contribution in [0.3, 0.4) is 0 Å². The van der Waals surface area contributed by atoms with E-state index in [9.17, 15) is 21.6 Å².